The number of alkyl carbamates (subject to hydrolysis) is 1. The minimum Gasteiger partial charge on any atom is -0.445 e. The Bertz CT molecular complexity index is 314. The van der Waals surface area contributed by atoms with Crippen LogP contribution in [-0.4, -0.2) is 25.8 Å². The lowest BCUT2D eigenvalue weighted by atomic mass is 10.2. The smallest absolute Gasteiger partial charge is 0.407 e. The number of carbonyl (C=O) groups is 1. The number of carbonyl (C=O) groups excluding carboxylic acids is 1. The van der Waals surface area contributed by atoms with Crippen molar-refractivity contribution in [3.63, 3.8) is 0 Å². The van der Waals surface area contributed by atoms with Crippen molar-refractivity contribution in [1.29, 1.82) is 0 Å². The average Bonchev–Trinajstić information content (AvgIpc) is 2.28. The third-order valence-electron chi connectivity index (χ3n) is 2.08. The number of likely N-dealkylation sites (N-methyl/N-ethyl adjacent to an activating group) is 1. The lowest BCUT2D eigenvalue weighted by Gasteiger charge is -2.13. The Morgan fingerprint density at radius 2 is 2.06 bits per heavy atom. The molecular formula is C12H18N2O2. The minimum absolute atomic E-state index is 0.124. The molecule has 0 aliphatic carbocycles. The Labute approximate surface area is 96.0 Å². The van der Waals surface area contributed by atoms with Crippen LogP contribution in [0.15, 0.2) is 30.3 Å². The second-order valence-electron chi connectivity index (χ2n) is 3.61. The van der Waals surface area contributed by atoms with Gasteiger partial charge in [0.1, 0.15) is 6.10 Å². The highest BCUT2D eigenvalue weighted by Crippen LogP contribution is 1.98. The number of nitrogens with one attached hydrogen (secondary N) is 2. The molecule has 0 heterocycles. The minimum atomic E-state index is -0.383. The molecule has 4 heteroatoms. The van der Waals surface area contributed by atoms with E-state index in [4.69, 9.17) is 4.74 Å². The second kappa shape index (κ2) is 6.85. The van der Waals surface area contributed by atoms with E-state index in [1.54, 1.807) is 0 Å². The fraction of sp³-hybridized carbons (Fsp3) is 0.417. The van der Waals surface area contributed by atoms with E-state index in [1.165, 1.54) is 0 Å². The standard InChI is InChI=1S/C12H18N2O2/c1-10(8-13-2)16-12(15)14-9-11-6-4-3-5-7-11/h3-7,10,13H,8-9H2,1-2H3,(H,14,15). The Morgan fingerprint density at radius 1 is 1.38 bits per heavy atom. The van der Waals surface area contributed by atoms with Gasteiger partial charge >= 0.3 is 6.09 Å². The SMILES string of the molecule is CNCC(C)OC(=O)NCc1ccccc1. The quantitative estimate of drug-likeness (QED) is 0.794. The first-order valence-corrected chi connectivity index (χ1v) is 5.35. The molecule has 0 bridgehead atoms. The molecule has 0 saturated heterocycles. The summed E-state index contributed by atoms with van der Waals surface area (Å²) in [5.74, 6) is 0. The highest BCUT2D eigenvalue weighted by molar-refractivity contribution is 5.67. The van der Waals surface area contributed by atoms with Crippen LogP contribution in [0.1, 0.15) is 12.5 Å². The topological polar surface area (TPSA) is 50.4 Å². The van der Waals surface area contributed by atoms with Gasteiger partial charge in [0.15, 0.2) is 0 Å². The van der Waals surface area contributed by atoms with Gasteiger partial charge in [0.2, 0.25) is 0 Å². The zero-order valence-electron chi connectivity index (χ0n) is 9.69. The van der Waals surface area contributed by atoms with Gasteiger partial charge in [-0.25, -0.2) is 4.79 Å². The van der Waals surface area contributed by atoms with Crippen molar-refractivity contribution in [2.75, 3.05) is 13.6 Å². The van der Waals surface area contributed by atoms with Gasteiger partial charge in [-0.3, -0.25) is 0 Å². The van der Waals surface area contributed by atoms with Crippen LogP contribution >= 0.6 is 0 Å². The van der Waals surface area contributed by atoms with E-state index in [1.807, 2.05) is 44.3 Å². The number of hydrogen-bond donors (Lipinski definition) is 2. The van der Waals surface area contributed by atoms with Crippen LogP contribution < -0.4 is 10.6 Å². The van der Waals surface area contributed by atoms with Crippen molar-refractivity contribution in [3.05, 3.63) is 35.9 Å². The van der Waals surface area contributed by atoms with E-state index in [0.717, 1.165) is 5.56 Å². The number of rotatable bonds is 5. The molecule has 0 aromatic heterocycles. The molecule has 2 N–H and O–H groups in total. The summed E-state index contributed by atoms with van der Waals surface area (Å²) in [5.41, 5.74) is 1.06. The zero-order chi connectivity index (χ0) is 11.8. The summed E-state index contributed by atoms with van der Waals surface area (Å²) in [6, 6.07) is 9.73. The maximum absolute atomic E-state index is 11.3. The molecular weight excluding hydrogens is 204 g/mol. The molecule has 88 valence electrons. The monoisotopic (exact) mass is 222 g/mol. The van der Waals surface area contributed by atoms with Crippen molar-refractivity contribution in [1.82, 2.24) is 10.6 Å². The van der Waals surface area contributed by atoms with Crippen LogP contribution in [0.4, 0.5) is 4.79 Å². The molecule has 0 fully saturated rings. The van der Waals surface area contributed by atoms with Gasteiger partial charge in [-0.2, -0.15) is 0 Å². The normalized spacial score (nSPS) is 11.9. The highest BCUT2D eigenvalue weighted by Gasteiger charge is 2.07. The third-order valence-corrected chi connectivity index (χ3v) is 2.08. The summed E-state index contributed by atoms with van der Waals surface area (Å²) in [6.07, 6.45) is -0.507. The van der Waals surface area contributed by atoms with Crippen molar-refractivity contribution >= 4 is 6.09 Å². The van der Waals surface area contributed by atoms with Crippen molar-refractivity contribution < 1.29 is 9.53 Å². The molecule has 0 aliphatic rings. The van der Waals surface area contributed by atoms with E-state index in [2.05, 4.69) is 10.6 Å². The van der Waals surface area contributed by atoms with Gasteiger partial charge in [0, 0.05) is 13.1 Å². The molecule has 0 aliphatic heterocycles. The Hall–Kier alpha value is -1.55. The van der Waals surface area contributed by atoms with Gasteiger partial charge < -0.3 is 15.4 Å². The fourth-order valence-electron chi connectivity index (χ4n) is 1.32. The summed E-state index contributed by atoms with van der Waals surface area (Å²) in [7, 11) is 1.82. The van der Waals surface area contributed by atoms with Crippen LogP contribution in [0, 0.1) is 0 Å². The van der Waals surface area contributed by atoms with E-state index in [9.17, 15) is 4.79 Å². The van der Waals surface area contributed by atoms with Gasteiger partial charge in [-0.15, -0.1) is 0 Å². The molecule has 0 spiro atoms. The maximum atomic E-state index is 11.3. The van der Waals surface area contributed by atoms with E-state index >= 15 is 0 Å². The van der Waals surface area contributed by atoms with E-state index < -0.39 is 0 Å². The van der Waals surface area contributed by atoms with Crippen LogP contribution in [0.25, 0.3) is 0 Å². The molecule has 0 saturated carbocycles. The number of ether oxygens (including phenoxy) is 1. The van der Waals surface area contributed by atoms with E-state index in [0.29, 0.717) is 13.1 Å². The average molecular weight is 222 g/mol. The summed E-state index contributed by atoms with van der Waals surface area (Å²) in [6.45, 7) is 2.99. The summed E-state index contributed by atoms with van der Waals surface area (Å²) in [5, 5.41) is 5.64. The van der Waals surface area contributed by atoms with Gasteiger partial charge in [-0.05, 0) is 19.5 Å². The number of hydrogen-bond acceptors (Lipinski definition) is 3. The Morgan fingerprint density at radius 3 is 2.69 bits per heavy atom. The van der Waals surface area contributed by atoms with E-state index in [-0.39, 0.29) is 12.2 Å². The molecule has 1 rings (SSSR count). The first-order valence-electron chi connectivity index (χ1n) is 5.35. The van der Waals surface area contributed by atoms with Crippen molar-refractivity contribution in [2.45, 2.75) is 19.6 Å². The molecule has 4 nitrogen and oxygen atoms in total. The number of amides is 1. The van der Waals surface area contributed by atoms with Crippen LogP contribution in [0.5, 0.6) is 0 Å². The maximum Gasteiger partial charge on any atom is 0.407 e. The molecule has 1 amide bonds. The molecule has 1 aromatic rings. The van der Waals surface area contributed by atoms with Gasteiger partial charge in [0.05, 0.1) is 0 Å². The summed E-state index contributed by atoms with van der Waals surface area (Å²) >= 11 is 0. The largest absolute Gasteiger partial charge is 0.445 e. The molecule has 1 unspecified atom stereocenters. The molecule has 0 radical (unpaired) electrons. The Kier molecular flexibility index (Phi) is 5.36. The molecule has 1 aromatic carbocycles. The van der Waals surface area contributed by atoms with Crippen LogP contribution in [0.2, 0.25) is 0 Å². The summed E-state index contributed by atoms with van der Waals surface area (Å²) in [4.78, 5) is 11.3. The highest BCUT2D eigenvalue weighted by atomic mass is 16.6. The van der Waals surface area contributed by atoms with Crippen LogP contribution in [0.3, 0.4) is 0 Å². The zero-order valence-corrected chi connectivity index (χ0v) is 9.69. The van der Waals surface area contributed by atoms with Crippen molar-refractivity contribution in [2.24, 2.45) is 0 Å². The molecule has 1 atom stereocenters. The van der Waals surface area contributed by atoms with Crippen LogP contribution in [-0.2, 0) is 11.3 Å². The third kappa shape index (κ3) is 4.79. The lowest BCUT2D eigenvalue weighted by molar-refractivity contribution is 0.107. The fourth-order valence-corrected chi connectivity index (χ4v) is 1.32. The summed E-state index contributed by atoms with van der Waals surface area (Å²) < 4.78 is 5.10. The molecule has 16 heavy (non-hydrogen) atoms. The predicted molar refractivity (Wildman–Crippen MR) is 63.2 cm³/mol. The van der Waals surface area contributed by atoms with Crippen molar-refractivity contribution in [3.8, 4) is 0 Å². The first kappa shape index (κ1) is 12.5. The second-order valence-corrected chi connectivity index (χ2v) is 3.61. The van der Waals surface area contributed by atoms with Gasteiger partial charge in [-0.1, -0.05) is 30.3 Å². The predicted octanol–water partition coefficient (Wildman–Crippen LogP) is 1.52. The number of benzene rings is 1. The lowest BCUT2D eigenvalue weighted by Crippen LogP contribution is -2.32. The van der Waals surface area contributed by atoms with Gasteiger partial charge in [0.25, 0.3) is 0 Å². The Balaban J connectivity index is 2.25. The first-order chi connectivity index (χ1) is 7.72.